The van der Waals surface area contributed by atoms with E-state index in [9.17, 15) is 19.3 Å². The summed E-state index contributed by atoms with van der Waals surface area (Å²) in [6, 6.07) is 2.99. The molecule has 17 heavy (non-hydrogen) atoms. The van der Waals surface area contributed by atoms with Crippen LogP contribution in [0.3, 0.4) is 0 Å². The Balaban J connectivity index is 3.07. The Morgan fingerprint density at radius 3 is 2.76 bits per heavy atom. The van der Waals surface area contributed by atoms with E-state index in [1.807, 2.05) is 0 Å². The van der Waals surface area contributed by atoms with Gasteiger partial charge < -0.3 is 5.11 Å². The van der Waals surface area contributed by atoms with Crippen LogP contribution in [-0.2, 0) is 4.79 Å². The first kappa shape index (κ1) is 13.4. The lowest BCUT2D eigenvalue weighted by atomic mass is 10.3. The number of nitro groups is 1. The van der Waals surface area contributed by atoms with Crippen molar-refractivity contribution < 1.29 is 19.2 Å². The van der Waals surface area contributed by atoms with Crippen molar-refractivity contribution in [2.24, 2.45) is 0 Å². The van der Waals surface area contributed by atoms with Crippen molar-refractivity contribution in [1.82, 2.24) is 0 Å². The number of thioether (sulfide) groups is 1. The second-order valence-corrected chi connectivity index (χ2v) is 4.47. The summed E-state index contributed by atoms with van der Waals surface area (Å²) in [6.45, 7) is 1.65. The highest BCUT2D eigenvalue weighted by Gasteiger charge is 2.22. The van der Waals surface area contributed by atoms with Crippen molar-refractivity contribution in [3.8, 4) is 0 Å². The lowest BCUT2D eigenvalue weighted by Gasteiger charge is -2.09. The summed E-state index contributed by atoms with van der Waals surface area (Å²) >= 11 is 0.785. The molecule has 5 nitrogen and oxygen atoms in total. The van der Waals surface area contributed by atoms with E-state index >= 15 is 0 Å². The molecule has 0 heterocycles. The lowest BCUT2D eigenvalue weighted by molar-refractivity contribution is -0.387. The maximum Gasteiger partial charge on any atom is 0.316 e. The van der Waals surface area contributed by atoms with Crippen LogP contribution in [0, 0.1) is 15.9 Å². The van der Waals surface area contributed by atoms with E-state index in [-0.39, 0.29) is 10.6 Å². The summed E-state index contributed by atoms with van der Waals surface area (Å²) in [5.41, 5.74) is -0.281. The van der Waals surface area contributed by atoms with Crippen LogP contribution >= 0.6 is 11.8 Å². The molecule has 0 aliphatic rings. The zero-order valence-electron chi connectivity index (χ0n) is 8.92. The maximum absolute atomic E-state index is 13.0. The second-order valence-electron chi connectivity index (χ2n) is 3.22. The van der Waals surface area contributed by atoms with E-state index in [1.54, 1.807) is 6.92 Å². The standard InChI is InChI=1S/C10H10FNO4S/c1-2-8(10(13)14)17-9-5-6(11)3-4-7(9)12(15)16/h3-5,8H,2H2,1H3,(H,13,14). The van der Waals surface area contributed by atoms with Crippen LogP contribution in [0.15, 0.2) is 23.1 Å². The molecule has 1 aromatic carbocycles. The predicted octanol–water partition coefficient (Wildman–Crippen LogP) is 2.69. The van der Waals surface area contributed by atoms with Gasteiger partial charge in [0.05, 0.1) is 9.82 Å². The zero-order chi connectivity index (χ0) is 13.0. The molecular weight excluding hydrogens is 249 g/mol. The fraction of sp³-hybridized carbons (Fsp3) is 0.300. The Hall–Kier alpha value is -1.63. The van der Waals surface area contributed by atoms with Gasteiger partial charge in [0.1, 0.15) is 11.1 Å². The van der Waals surface area contributed by atoms with Crippen molar-refractivity contribution in [3.63, 3.8) is 0 Å². The third-order valence-electron chi connectivity index (χ3n) is 2.03. The van der Waals surface area contributed by atoms with Gasteiger partial charge in [0, 0.05) is 6.07 Å². The minimum atomic E-state index is -1.07. The van der Waals surface area contributed by atoms with Gasteiger partial charge in [0.15, 0.2) is 0 Å². The van der Waals surface area contributed by atoms with Gasteiger partial charge in [0.25, 0.3) is 5.69 Å². The Morgan fingerprint density at radius 1 is 1.65 bits per heavy atom. The van der Waals surface area contributed by atoms with Gasteiger partial charge in [-0.25, -0.2) is 4.39 Å². The Kier molecular flexibility index (Phi) is 4.45. The van der Waals surface area contributed by atoms with Gasteiger partial charge >= 0.3 is 5.97 Å². The van der Waals surface area contributed by atoms with Crippen molar-refractivity contribution in [2.75, 3.05) is 0 Å². The van der Waals surface area contributed by atoms with Crippen molar-refractivity contribution in [3.05, 3.63) is 34.1 Å². The van der Waals surface area contributed by atoms with Crippen molar-refractivity contribution in [1.29, 1.82) is 0 Å². The number of aliphatic carboxylic acids is 1. The van der Waals surface area contributed by atoms with Gasteiger partial charge in [-0.15, -0.1) is 11.8 Å². The normalized spacial score (nSPS) is 12.1. The van der Waals surface area contributed by atoms with Gasteiger partial charge in [0.2, 0.25) is 0 Å². The molecule has 0 amide bonds. The Morgan fingerprint density at radius 2 is 2.29 bits per heavy atom. The van der Waals surface area contributed by atoms with Crippen LogP contribution in [0.5, 0.6) is 0 Å². The number of carbonyl (C=O) groups is 1. The van der Waals surface area contributed by atoms with Crippen LogP contribution in [0.1, 0.15) is 13.3 Å². The highest BCUT2D eigenvalue weighted by molar-refractivity contribution is 8.00. The van der Waals surface area contributed by atoms with Gasteiger partial charge in [-0.3, -0.25) is 14.9 Å². The summed E-state index contributed by atoms with van der Waals surface area (Å²) in [7, 11) is 0. The summed E-state index contributed by atoms with van der Waals surface area (Å²) < 4.78 is 13.0. The topological polar surface area (TPSA) is 80.4 Å². The van der Waals surface area contributed by atoms with Gasteiger partial charge in [-0.2, -0.15) is 0 Å². The van der Waals surface area contributed by atoms with Gasteiger partial charge in [-0.05, 0) is 18.6 Å². The van der Waals surface area contributed by atoms with Gasteiger partial charge in [-0.1, -0.05) is 6.92 Å². The molecule has 0 aromatic heterocycles. The molecular formula is C10H10FNO4S. The van der Waals surface area contributed by atoms with Crippen LogP contribution in [0.25, 0.3) is 0 Å². The first-order chi connectivity index (χ1) is 7.95. The summed E-state index contributed by atoms with van der Waals surface area (Å²) in [5, 5.41) is 18.7. The minimum absolute atomic E-state index is 0.0317. The van der Waals surface area contributed by atoms with Crippen molar-refractivity contribution in [2.45, 2.75) is 23.5 Å². The molecule has 1 N–H and O–H groups in total. The third-order valence-corrected chi connectivity index (χ3v) is 3.43. The molecule has 1 atom stereocenters. The quantitative estimate of drug-likeness (QED) is 0.499. The summed E-state index contributed by atoms with van der Waals surface area (Å²) in [6.07, 6.45) is 0.299. The zero-order valence-corrected chi connectivity index (χ0v) is 9.74. The summed E-state index contributed by atoms with van der Waals surface area (Å²) in [5.74, 6) is -1.70. The van der Waals surface area contributed by atoms with E-state index in [2.05, 4.69) is 0 Å². The molecule has 0 saturated carbocycles. The fourth-order valence-corrected chi connectivity index (χ4v) is 2.21. The number of hydrogen-bond acceptors (Lipinski definition) is 4. The largest absolute Gasteiger partial charge is 0.480 e. The van der Waals surface area contributed by atoms with Crippen LogP contribution in [-0.4, -0.2) is 21.2 Å². The first-order valence-electron chi connectivity index (χ1n) is 4.79. The van der Waals surface area contributed by atoms with Crippen LogP contribution in [0.4, 0.5) is 10.1 Å². The number of nitro benzene ring substituents is 1. The molecule has 0 bridgehead atoms. The smallest absolute Gasteiger partial charge is 0.316 e. The molecule has 0 radical (unpaired) electrons. The van der Waals surface area contributed by atoms with Crippen LogP contribution in [0.2, 0.25) is 0 Å². The van der Waals surface area contributed by atoms with E-state index < -0.39 is 22.0 Å². The predicted molar refractivity (Wildman–Crippen MR) is 60.6 cm³/mol. The first-order valence-corrected chi connectivity index (χ1v) is 5.67. The number of rotatable bonds is 5. The monoisotopic (exact) mass is 259 g/mol. The number of halogens is 1. The van der Waals surface area contributed by atoms with E-state index in [0.717, 1.165) is 30.0 Å². The fourth-order valence-electron chi connectivity index (χ4n) is 1.19. The van der Waals surface area contributed by atoms with E-state index in [1.165, 1.54) is 0 Å². The van der Waals surface area contributed by atoms with E-state index in [0.29, 0.717) is 6.42 Å². The highest BCUT2D eigenvalue weighted by atomic mass is 32.2. The van der Waals surface area contributed by atoms with Crippen LogP contribution < -0.4 is 0 Å². The van der Waals surface area contributed by atoms with E-state index in [4.69, 9.17) is 5.11 Å². The van der Waals surface area contributed by atoms with Crippen molar-refractivity contribution >= 4 is 23.4 Å². The maximum atomic E-state index is 13.0. The molecule has 1 unspecified atom stereocenters. The molecule has 7 heteroatoms. The Labute approximate surface area is 101 Å². The Bertz CT molecular complexity index is 452. The molecule has 0 fully saturated rings. The molecule has 0 aliphatic carbocycles. The highest BCUT2D eigenvalue weighted by Crippen LogP contribution is 2.33. The second kappa shape index (κ2) is 5.62. The lowest BCUT2D eigenvalue weighted by Crippen LogP contribution is -2.15. The SMILES string of the molecule is CCC(Sc1cc(F)ccc1[N+](=O)[O-])C(=O)O. The molecule has 0 spiro atoms. The number of carboxylic acids is 1. The average Bonchev–Trinajstić information content (AvgIpc) is 2.25. The number of carboxylic acid groups (broad SMARTS) is 1. The minimum Gasteiger partial charge on any atom is -0.480 e. The molecule has 1 aromatic rings. The number of nitrogens with zero attached hydrogens (tertiary/aromatic N) is 1. The average molecular weight is 259 g/mol. The molecule has 92 valence electrons. The third kappa shape index (κ3) is 3.42. The molecule has 1 rings (SSSR count). The summed E-state index contributed by atoms with van der Waals surface area (Å²) in [4.78, 5) is 20.9. The number of benzene rings is 1. The molecule has 0 saturated heterocycles. The molecule has 0 aliphatic heterocycles. The number of hydrogen-bond donors (Lipinski definition) is 1.